The van der Waals surface area contributed by atoms with Crippen LogP contribution < -0.4 is 0 Å². The summed E-state index contributed by atoms with van der Waals surface area (Å²) >= 11 is 0. The molecule has 8 nitrogen and oxygen atoms in total. The average Bonchev–Trinajstić information content (AvgIpc) is 3.21. The van der Waals surface area contributed by atoms with E-state index in [0.717, 1.165) is 24.3 Å². The third kappa shape index (κ3) is 2.30. The highest BCUT2D eigenvalue weighted by atomic mass is 16.3. The lowest BCUT2D eigenvalue weighted by molar-refractivity contribution is 0.0747. The van der Waals surface area contributed by atoms with Gasteiger partial charge >= 0.3 is 0 Å². The van der Waals surface area contributed by atoms with E-state index >= 15 is 0 Å². The number of carbonyl (C=O) groups excluding carboxylic acids is 1. The molecule has 0 spiro atoms. The van der Waals surface area contributed by atoms with E-state index in [4.69, 9.17) is 0 Å². The summed E-state index contributed by atoms with van der Waals surface area (Å²) in [5.41, 5.74) is 3.00. The van der Waals surface area contributed by atoms with Crippen molar-refractivity contribution < 1.29 is 9.90 Å². The van der Waals surface area contributed by atoms with Crippen molar-refractivity contribution in [3.05, 3.63) is 41.6 Å². The molecule has 0 saturated heterocycles. The SMILES string of the molecule is C[C@H](O)c1cc2n(n1)CCCN(C(=O)c1cnn3ccn(C)c13)C2. The van der Waals surface area contributed by atoms with E-state index in [-0.39, 0.29) is 5.91 Å². The molecule has 0 aromatic carbocycles. The topological polar surface area (TPSA) is 80.6 Å². The maximum Gasteiger partial charge on any atom is 0.259 e. The fourth-order valence-corrected chi connectivity index (χ4v) is 3.23. The average molecular weight is 328 g/mol. The largest absolute Gasteiger partial charge is 0.387 e. The van der Waals surface area contributed by atoms with Gasteiger partial charge in [-0.15, -0.1) is 0 Å². The Kier molecular flexibility index (Phi) is 3.42. The summed E-state index contributed by atoms with van der Waals surface area (Å²) in [6.45, 7) is 3.61. The van der Waals surface area contributed by atoms with Crippen LogP contribution in [0.25, 0.3) is 5.65 Å². The third-order valence-corrected chi connectivity index (χ3v) is 4.51. The highest BCUT2D eigenvalue weighted by Crippen LogP contribution is 2.20. The first-order valence-electron chi connectivity index (χ1n) is 8.07. The van der Waals surface area contributed by atoms with Gasteiger partial charge in [0.1, 0.15) is 11.2 Å². The smallest absolute Gasteiger partial charge is 0.259 e. The molecule has 0 saturated carbocycles. The molecule has 1 aliphatic heterocycles. The van der Waals surface area contributed by atoms with Crippen molar-refractivity contribution in [3.8, 4) is 0 Å². The normalized spacial score (nSPS) is 16.2. The molecule has 126 valence electrons. The third-order valence-electron chi connectivity index (χ3n) is 4.51. The molecule has 3 aromatic heterocycles. The van der Waals surface area contributed by atoms with Crippen LogP contribution in [0.5, 0.6) is 0 Å². The van der Waals surface area contributed by atoms with Crippen LogP contribution in [0.4, 0.5) is 0 Å². The molecular weight excluding hydrogens is 308 g/mol. The van der Waals surface area contributed by atoms with Crippen molar-refractivity contribution >= 4 is 11.6 Å². The predicted octanol–water partition coefficient (Wildman–Crippen LogP) is 0.969. The van der Waals surface area contributed by atoms with Gasteiger partial charge in [-0.25, -0.2) is 4.52 Å². The number of aryl methyl sites for hydroxylation is 2. The van der Waals surface area contributed by atoms with Crippen molar-refractivity contribution in [3.63, 3.8) is 0 Å². The van der Waals surface area contributed by atoms with E-state index in [0.29, 0.717) is 24.3 Å². The van der Waals surface area contributed by atoms with Crippen molar-refractivity contribution in [1.82, 2.24) is 28.9 Å². The minimum absolute atomic E-state index is 0.0277. The van der Waals surface area contributed by atoms with E-state index in [1.807, 2.05) is 39.7 Å². The van der Waals surface area contributed by atoms with Crippen LogP contribution in [0.15, 0.2) is 24.7 Å². The van der Waals surface area contributed by atoms with Crippen LogP contribution in [0.2, 0.25) is 0 Å². The zero-order valence-corrected chi connectivity index (χ0v) is 13.8. The second kappa shape index (κ2) is 5.48. The van der Waals surface area contributed by atoms with Crippen LogP contribution >= 0.6 is 0 Å². The molecule has 0 fully saturated rings. The molecule has 4 rings (SSSR count). The minimum Gasteiger partial charge on any atom is -0.387 e. The van der Waals surface area contributed by atoms with Gasteiger partial charge in [0.15, 0.2) is 0 Å². The Hall–Kier alpha value is -2.61. The zero-order valence-electron chi connectivity index (χ0n) is 13.8. The van der Waals surface area contributed by atoms with Crippen molar-refractivity contribution in [1.29, 1.82) is 0 Å². The Morgan fingerprint density at radius 2 is 2.17 bits per heavy atom. The fourth-order valence-electron chi connectivity index (χ4n) is 3.23. The number of aliphatic hydroxyl groups is 1. The summed E-state index contributed by atoms with van der Waals surface area (Å²) in [5, 5.41) is 18.4. The van der Waals surface area contributed by atoms with Gasteiger partial charge in [-0.3, -0.25) is 9.48 Å². The van der Waals surface area contributed by atoms with Crippen molar-refractivity contribution in [2.45, 2.75) is 32.5 Å². The molecule has 0 bridgehead atoms. The van der Waals surface area contributed by atoms with Gasteiger partial charge in [0.25, 0.3) is 5.91 Å². The lowest BCUT2D eigenvalue weighted by atomic mass is 10.2. The molecule has 4 heterocycles. The first-order valence-corrected chi connectivity index (χ1v) is 8.07. The van der Waals surface area contributed by atoms with E-state index in [9.17, 15) is 9.90 Å². The standard InChI is InChI=1S/C16H20N6O2/c1-11(23)14-8-12-10-20(4-3-5-21(12)18-14)16(24)13-9-17-22-7-6-19(2)15(13)22/h6-9,11,23H,3-5,10H2,1-2H3/t11-/m0/s1. The first kappa shape index (κ1) is 14.9. The molecule has 1 N–H and O–H groups in total. The van der Waals surface area contributed by atoms with E-state index in [1.54, 1.807) is 17.6 Å². The number of imidazole rings is 1. The molecule has 0 unspecified atom stereocenters. The summed E-state index contributed by atoms with van der Waals surface area (Å²) in [7, 11) is 1.90. The number of carbonyl (C=O) groups is 1. The summed E-state index contributed by atoms with van der Waals surface area (Å²) in [4.78, 5) is 14.8. The second-order valence-corrected chi connectivity index (χ2v) is 6.28. The van der Waals surface area contributed by atoms with Gasteiger partial charge < -0.3 is 14.6 Å². The van der Waals surface area contributed by atoms with E-state index in [2.05, 4.69) is 10.2 Å². The molecule has 8 heteroatoms. The molecule has 0 radical (unpaired) electrons. The van der Waals surface area contributed by atoms with Crippen molar-refractivity contribution in [2.75, 3.05) is 6.54 Å². The van der Waals surface area contributed by atoms with Crippen LogP contribution in [0.1, 0.15) is 41.2 Å². The maximum atomic E-state index is 13.0. The molecule has 24 heavy (non-hydrogen) atoms. The Labute approximate surface area is 138 Å². The van der Waals surface area contributed by atoms with Gasteiger partial charge in [0.2, 0.25) is 0 Å². The first-order chi connectivity index (χ1) is 11.5. The number of hydrogen-bond donors (Lipinski definition) is 1. The lowest BCUT2D eigenvalue weighted by Crippen LogP contribution is -2.30. The minimum atomic E-state index is -0.604. The number of fused-ring (bicyclic) bond motifs is 2. The van der Waals surface area contributed by atoms with Gasteiger partial charge in [0, 0.05) is 32.5 Å². The fraction of sp³-hybridized carbons (Fsp3) is 0.438. The Morgan fingerprint density at radius 1 is 1.33 bits per heavy atom. The molecule has 1 atom stereocenters. The lowest BCUT2D eigenvalue weighted by Gasteiger charge is -2.19. The van der Waals surface area contributed by atoms with E-state index < -0.39 is 6.10 Å². The van der Waals surface area contributed by atoms with Crippen LogP contribution in [-0.4, -0.2) is 46.4 Å². The number of amides is 1. The number of aliphatic hydroxyl groups excluding tert-OH is 1. The number of aromatic nitrogens is 5. The highest BCUT2D eigenvalue weighted by molar-refractivity contribution is 5.99. The van der Waals surface area contributed by atoms with Crippen molar-refractivity contribution in [2.24, 2.45) is 7.05 Å². The Balaban J connectivity index is 1.66. The summed E-state index contributed by atoms with van der Waals surface area (Å²) in [6.07, 6.45) is 5.56. The number of hydrogen-bond acceptors (Lipinski definition) is 4. The summed E-state index contributed by atoms with van der Waals surface area (Å²) in [6, 6.07) is 1.88. The Morgan fingerprint density at radius 3 is 2.96 bits per heavy atom. The van der Waals surface area contributed by atoms with Crippen LogP contribution in [0, 0.1) is 0 Å². The summed E-state index contributed by atoms with van der Waals surface area (Å²) in [5.74, 6) is -0.0277. The summed E-state index contributed by atoms with van der Waals surface area (Å²) < 4.78 is 5.50. The van der Waals surface area contributed by atoms with Gasteiger partial charge in [0.05, 0.1) is 30.2 Å². The van der Waals surface area contributed by atoms with Crippen LogP contribution in [0.3, 0.4) is 0 Å². The highest BCUT2D eigenvalue weighted by Gasteiger charge is 2.25. The van der Waals surface area contributed by atoms with Crippen LogP contribution in [-0.2, 0) is 20.1 Å². The van der Waals surface area contributed by atoms with Gasteiger partial charge in [-0.2, -0.15) is 10.2 Å². The maximum absolute atomic E-state index is 13.0. The molecule has 0 aliphatic carbocycles. The molecule has 1 aliphatic rings. The van der Waals surface area contributed by atoms with Gasteiger partial charge in [-0.1, -0.05) is 0 Å². The number of rotatable bonds is 2. The molecule has 1 amide bonds. The van der Waals surface area contributed by atoms with E-state index in [1.165, 1.54) is 0 Å². The predicted molar refractivity (Wildman–Crippen MR) is 86.4 cm³/mol. The Bertz CT molecular complexity index is 903. The molecule has 3 aromatic rings. The quantitative estimate of drug-likeness (QED) is 0.760. The number of nitrogens with zero attached hydrogens (tertiary/aromatic N) is 6. The zero-order chi connectivity index (χ0) is 16.8. The monoisotopic (exact) mass is 328 g/mol. The second-order valence-electron chi connectivity index (χ2n) is 6.28. The molecular formula is C16H20N6O2. The van der Waals surface area contributed by atoms with Gasteiger partial charge in [-0.05, 0) is 19.4 Å².